The summed E-state index contributed by atoms with van der Waals surface area (Å²) in [7, 11) is 1.65. The van der Waals surface area contributed by atoms with E-state index in [9.17, 15) is 0 Å². The lowest BCUT2D eigenvalue weighted by Crippen LogP contribution is -2.29. The van der Waals surface area contributed by atoms with Crippen molar-refractivity contribution in [3.8, 4) is 0 Å². The Kier molecular flexibility index (Phi) is 2.97. The van der Waals surface area contributed by atoms with Gasteiger partial charge in [0, 0.05) is 7.11 Å². The van der Waals surface area contributed by atoms with Crippen molar-refractivity contribution in [2.45, 2.75) is 6.10 Å². The zero-order chi connectivity index (χ0) is 6.53. The molecule has 1 aliphatic rings. The monoisotopic (exact) mass is 131 g/mol. The van der Waals surface area contributed by atoms with Crippen molar-refractivity contribution in [3.05, 3.63) is 6.61 Å². The molecule has 53 valence electrons. The summed E-state index contributed by atoms with van der Waals surface area (Å²) >= 11 is 0. The van der Waals surface area contributed by atoms with Crippen molar-refractivity contribution in [3.63, 3.8) is 0 Å². The molecule has 1 aliphatic heterocycles. The number of rotatable bonds is 2. The Hall–Kier alpha value is -0.120. The molecule has 0 bridgehead atoms. The van der Waals surface area contributed by atoms with Crippen LogP contribution in [0.2, 0.25) is 0 Å². The minimum Gasteiger partial charge on any atom is -0.382 e. The molecule has 3 nitrogen and oxygen atoms in total. The molecule has 1 heterocycles. The molecule has 0 aromatic rings. The van der Waals surface area contributed by atoms with Gasteiger partial charge in [-0.3, -0.25) is 0 Å². The van der Waals surface area contributed by atoms with Gasteiger partial charge in [0.25, 0.3) is 0 Å². The fraction of sp³-hybridized carbons (Fsp3) is 0.833. The summed E-state index contributed by atoms with van der Waals surface area (Å²) in [6, 6.07) is 0. The molecule has 9 heavy (non-hydrogen) atoms. The molecule has 1 atom stereocenters. The first-order valence-corrected chi connectivity index (χ1v) is 2.97. The molecule has 0 amide bonds. The average molecular weight is 131 g/mol. The van der Waals surface area contributed by atoms with Crippen molar-refractivity contribution in [1.29, 1.82) is 0 Å². The summed E-state index contributed by atoms with van der Waals surface area (Å²) in [6.07, 6.45) is 0.125. The quantitative estimate of drug-likeness (QED) is 0.536. The van der Waals surface area contributed by atoms with Crippen LogP contribution >= 0.6 is 0 Å². The third-order valence-electron chi connectivity index (χ3n) is 1.15. The van der Waals surface area contributed by atoms with Gasteiger partial charge in [0.05, 0.1) is 19.8 Å². The number of ether oxygens (including phenoxy) is 3. The predicted molar refractivity (Wildman–Crippen MR) is 31.9 cm³/mol. The highest BCUT2D eigenvalue weighted by molar-refractivity contribution is 4.63. The largest absolute Gasteiger partial charge is 0.382 e. The Morgan fingerprint density at radius 3 is 3.22 bits per heavy atom. The summed E-state index contributed by atoms with van der Waals surface area (Å²) < 4.78 is 15.1. The minimum atomic E-state index is 0.125. The van der Waals surface area contributed by atoms with E-state index < -0.39 is 0 Å². The molecular formula is C6H11O3. The van der Waals surface area contributed by atoms with Gasteiger partial charge in [0.1, 0.15) is 12.7 Å². The Morgan fingerprint density at radius 2 is 2.67 bits per heavy atom. The second-order valence-electron chi connectivity index (χ2n) is 1.91. The average Bonchev–Trinajstić information content (AvgIpc) is 1.91. The minimum absolute atomic E-state index is 0.125. The molecule has 0 aromatic heterocycles. The molecule has 0 aliphatic carbocycles. The lowest BCUT2D eigenvalue weighted by atomic mass is 10.4. The van der Waals surface area contributed by atoms with E-state index in [-0.39, 0.29) is 6.10 Å². The molecule has 1 unspecified atom stereocenters. The van der Waals surface area contributed by atoms with Gasteiger partial charge >= 0.3 is 0 Å². The standard InChI is InChI=1S/C6H11O3/c1-7-4-6-5-8-2-3-9-6/h2,6H,3-5H2,1H3. The van der Waals surface area contributed by atoms with Gasteiger partial charge in [0.2, 0.25) is 0 Å². The van der Waals surface area contributed by atoms with Crippen LogP contribution in [0.15, 0.2) is 0 Å². The summed E-state index contributed by atoms with van der Waals surface area (Å²) in [5, 5.41) is 0. The highest BCUT2D eigenvalue weighted by Crippen LogP contribution is 2.02. The smallest absolute Gasteiger partial charge is 0.109 e. The summed E-state index contributed by atoms with van der Waals surface area (Å²) in [4.78, 5) is 0. The number of hydrogen-bond acceptors (Lipinski definition) is 3. The van der Waals surface area contributed by atoms with Crippen LogP contribution in [-0.2, 0) is 14.2 Å². The summed E-state index contributed by atoms with van der Waals surface area (Å²) in [5.74, 6) is 0. The Morgan fingerprint density at radius 1 is 1.78 bits per heavy atom. The first kappa shape index (κ1) is 6.99. The Bertz CT molecular complexity index is 65.9. The molecule has 1 fully saturated rings. The number of methoxy groups -OCH3 is 1. The van der Waals surface area contributed by atoms with Crippen LogP contribution in [0.4, 0.5) is 0 Å². The van der Waals surface area contributed by atoms with Crippen molar-refractivity contribution in [2.75, 3.05) is 26.9 Å². The van der Waals surface area contributed by atoms with Gasteiger partial charge in [0.15, 0.2) is 0 Å². The maximum absolute atomic E-state index is 5.21. The maximum atomic E-state index is 5.21. The first-order valence-electron chi connectivity index (χ1n) is 2.97. The van der Waals surface area contributed by atoms with Crippen LogP contribution in [-0.4, -0.2) is 33.0 Å². The highest BCUT2D eigenvalue weighted by Gasteiger charge is 2.13. The van der Waals surface area contributed by atoms with Crippen LogP contribution in [0.1, 0.15) is 0 Å². The van der Waals surface area contributed by atoms with E-state index >= 15 is 0 Å². The van der Waals surface area contributed by atoms with Crippen LogP contribution in [0.3, 0.4) is 0 Å². The topological polar surface area (TPSA) is 27.7 Å². The SMILES string of the molecule is COCC1CO[CH]CO1. The van der Waals surface area contributed by atoms with Crippen LogP contribution < -0.4 is 0 Å². The van der Waals surface area contributed by atoms with Gasteiger partial charge in [-0.25, -0.2) is 0 Å². The van der Waals surface area contributed by atoms with Crippen LogP contribution in [0.5, 0.6) is 0 Å². The van der Waals surface area contributed by atoms with E-state index in [0.29, 0.717) is 19.8 Å². The molecule has 0 saturated carbocycles. The molecule has 1 saturated heterocycles. The zero-order valence-electron chi connectivity index (χ0n) is 5.50. The van der Waals surface area contributed by atoms with Crippen molar-refractivity contribution in [2.24, 2.45) is 0 Å². The van der Waals surface area contributed by atoms with Gasteiger partial charge in [-0.15, -0.1) is 0 Å². The molecule has 0 spiro atoms. The van der Waals surface area contributed by atoms with E-state index in [1.54, 1.807) is 13.7 Å². The molecule has 1 radical (unpaired) electrons. The molecule has 3 heteroatoms. The predicted octanol–water partition coefficient (Wildman–Crippen LogP) is 0.210. The molecule has 1 rings (SSSR count). The van der Waals surface area contributed by atoms with Crippen molar-refractivity contribution >= 4 is 0 Å². The molecular weight excluding hydrogens is 120 g/mol. The van der Waals surface area contributed by atoms with E-state index in [1.807, 2.05) is 0 Å². The van der Waals surface area contributed by atoms with E-state index in [2.05, 4.69) is 0 Å². The van der Waals surface area contributed by atoms with Gasteiger partial charge in [-0.2, -0.15) is 0 Å². The first-order chi connectivity index (χ1) is 4.43. The zero-order valence-corrected chi connectivity index (χ0v) is 5.50. The normalized spacial score (nSPS) is 28.3. The summed E-state index contributed by atoms with van der Waals surface area (Å²) in [5.41, 5.74) is 0. The third-order valence-corrected chi connectivity index (χ3v) is 1.15. The van der Waals surface area contributed by atoms with Crippen molar-refractivity contribution < 1.29 is 14.2 Å². The van der Waals surface area contributed by atoms with Gasteiger partial charge in [-0.1, -0.05) is 0 Å². The maximum Gasteiger partial charge on any atom is 0.109 e. The van der Waals surface area contributed by atoms with Crippen molar-refractivity contribution in [1.82, 2.24) is 0 Å². The van der Waals surface area contributed by atoms with E-state index in [1.165, 1.54) is 0 Å². The van der Waals surface area contributed by atoms with E-state index in [4.69, 9.17) is 14.2 Å². The lowest BCUT2D eigenvalue weighted by molar-refractivity contribution is -0.0833. The molecule has 0 N–H and O–H groups in total. The number of hydrogen-bond donors (Lipinski definition) is 0. The Balaban J connectivity index is 2.08. The summed E-state index contributed by atoms with van der Waals surface area (Å²) in [6.45, 7) is 3.47. The lowest BCUT2D eigenvalue weighted by Gasteiger charge is -2.21. The van der Waals surface area contributed by atoms with Gasteiger partial charge in [-0.05, 0) is 0 Å². The van der Waals surface area contributed by atoms with Gasteiger partial charge < -0.3 is 14.2 Å². The third kappa shape index (κ3) is 2.30. The van der Waals surface area contributed by atoms with Crippen LogP contribution in [0, 0.1) is 6.61 Å². The molecule has 0 aromatic carbocycles. The second kappa shape index (κ2) is 3.82. The van der Waals surface area contributed by atoms with Crippen LogP contribution in [0.25, 0.3) is 0 Å². The fourth-order valence-corrected chi connectivity index (χ4v) is 0.729. The second-order valence-corrected chi connectivity index (χ2v) is 1.91. The Labute approximate surface area is 54.9 Å². The fourth-order valence-electron chi connectivity index (χ4n) is 0.729. The highest BCUT2D eigenvalue weighted by atomic mass is 16.6. The van der Waals surface area contributed by atoms with E-state index in [0.717, 1.165) is 0 Å².